The molecule has 1 aromatic carbocycles. The van der Waals surface area contributed by atoms with Crippen LogP contribution in [0.15, 0.2) is 36.5 Å². The number of hydrogen-bond donors (Lipinski definition) is 2. The van der Waals surface area contributed by atoms with Crippen molar-refractivity contribution < 1.29 is 14.2 Å². The van der Waals surface area contributed by atoms with Crippen LogP contribution in [0.5, 0.6) is 5.75 Å². The maximum Gasteiger partial charge on any atom is 0.247 e. The average molecular weight is 371 g/mol. The lowest BCUT2D eigenvalue weighted by molar-refractivity contribution is 0.167. The predicted octanol–water partition coefficient (Wildman–Crippen LogP) is 3.18. The van der Waals surface area contributed by atoms with Crippen molar-refractivity contribution in [2.45, 2.75) is 32.8 Å². The highest BCUT2D eigenvalue weighted by Crippen LogP contribution is 2.23. The lowest BCUT2D eigenvalue weighted by atomic mass is 10.2. The van der Waals surface area contributed by atoms with Gasteiger partial charge in [0.25, 0.3) is 0 Å². The van der Waals surface area contributed by atoms with E-state index in [1.807, 2.05) is 26.0 Å². The van der Waals surface area contributed by atoms with E-state index in [0.29, 0.717) is 36.1 Å². The van der Waals surface area contributed by atoms with Gasteiger partial charge >= 0.3 is 0 Å². The molecule has 2 N–H and O–H groups in total. The van der Waals surface area contributed by atoms with Crippen LogP contribution in [-0.4, -0.2) is 38.1 Å². The molecule has 0 bridgehead atoms. The zero-order chi connectivity index (χ0) is 19.4. The van der Waals surface area contributed by atoms with Gasteiger partial charge in [0.05, 0.1) is 18.9 Å². The van der Waals surface area contributed by atoms with E-state index < -0.39 is 11.9 Å². The summed E-state index contributed by atoms with van der Waals surface area (Å²) < 4.78 is 20.5. The highest BCUT2D eigenvalue weighted by molar-refractivity contribution is 5.56. The molecule has 0 aliphatic rings. The minimum atomic E-state index is -0.530. The fraction of sp³-hybridized carbons (Fsp3) is 0.316. The molecule has 8 heteroatoms. The van der Waals surface area contributed by atoms with Gasteiger partial charge in [-0.2, -0.15) is 4.98 Å². The summed E-state index contributed by atoms with van der Waals surface area (Å²) in [5, 5.41) is 17.5. The molecular weight excluding hydrogens is 349 g/mol. The third-order valence-corrected chi connectivity index (χ3v) is 4.05. The Hall–Kier alpha value is -3.00. The number of rotatable bonds is 7. The molecule has 0 aliphatic heterocycles. The Morgan fingerprint density at radius 2 is 2.11 bits per heavy atom. The van der Waals surface area contributed by atoms with Gasteiger partial charge < -0.3 is 15.2 Å². The summed E-state index contributed by atoms with van der Waals surface area (Å²) in [5.41, 5.74) is 2.10. The maximum absolute atomic E-state index is 13.7. The van der Waals surface area contributed by atoms with Gasteiger partial charge in [-0.1, -0.05) is 6.92 Å². The number of methoxy groups -OCH3 is 1. The van der Waals surface area contributed by atoms with Crippen molar-refractivity contribution in [2.75, 3.05) is 12.4 Å². The van der Waals surface area contributed by atoms with Crippen LogP contribution in [0.4, 0.5) is 16.0 Å². The fourth-order valence-corrected chi connectivity index (χ4v) is 2.64. The van der Waals surface area contributed by atoms with E-state index >= 15 is 0 Å². The van der Waals surface area contributed by atoms with Crippen molar-refractivity contribution in [1.82, 2.24) is 19.7 Å². The molecule has 1 atom stereocenters. The van der Waals surface area contributed by atoms with Crippen LogP contribution in [0.2, 0.25) is 0 Å². The van der Waals surface area contributed by atoms with Crippen molar-refractivity contribution >= 4 is 11.6 Å². The van der Waals surface area contributed by atoms with Gasteiger partial charge in [0.1, 0.15) is 17.4 Å². The molecule has 0 unspecified atom stereocenters. The quantitative estimate of drug-likeness (QED) is 0.664. The van der Waals surface area contributed by atoms with Gasteiger partial charge in [-0.3, -0.25) is 4.98 Å². The molecule has 27 heavy (non-hydrogen) atoms. The molecule has 0 spiro atoms. The van der Waals surface area contributed by atoms with Crippen LogP contribution in [0, 0.1) is 12.7 Å². The van der Waals surface area contributed by atoms with Crippen LogP contribution in [0.1, 0.15) is 24.9 Å². The first-order chi connectivity index (χ1) is 13.0. The summed E-state index contributed by atoms with van der Waals surface area (Å²) in [7, 11) is 1.47. The number of ether oxygens (including phenoxy) is 1. The third kappa shape index (κ3) is 4.59. The normalized spacial score (nSPS) is 12.0. The molecule has 0 aliphatic carbocycles. The largest absolute Gasteiger partial charge is 0.497 e. The van der Waals surface area contributed by atoms with Gasteiger partial charge in [-0.05, 0) is 31.5 Å². The standard InChI is InChI=1S/C19H22FN5O2/c1-4-16(26)11-18-23-19(22-14-8-13(20)9-17(10-14)27-3)24-25(18)15-5-6-21-12(2)7-15/h5-10,16,26H,4,11H2,1-3H3,(H,22,24)/t16-/m0/s1. The molecule has 2 heterocycles. The Bertz CT molecular complexity index is 928. The molecule has 2 aromatic heterocycles. The molecule has 142 valence electrons. The molecule has 0 fully saturated rings. The topological polar surface area (TPSA) is 85.1 Å². The van der Waals surface area contributed by atoms with E-state index in [0.717, 1.165) is 11.4 Å². The summed E-state index contributed by atoms with van der Waals surface area (Å²) in [4.78, 5) is 8.68. The Morgan fingerprint density at radius 3 is 2.81 bits per heavy atom. The number of hydrogen-bond acceptors (Lipinski definition) is 6. The lowest BCUT2D eigenvalue weighted by Gasteiger charge is -2.09. The molecule has 0 saturated heterocycles. The number of nitrogens with one attached hydrogen (secondary N) is 1. The second-order valence-corrected chi connectivity index (χ2v) is 6.19. The zero-order valence-electron chi connectivity index (χ0n) is 15.5. The minimum absolute atomic E-state index is 0.301. The van der Waals surface area contributed by atoms with Gasteiger partial charge in [0, 0.05) is 36.1 Å². The average Bonchev–Trinajstić information content (AvgIpc) is 3.03. The SMILES string of the molecule is CC[C@H](O)Cc1nc(Nc2cc(F)cc(OC)c2)nn1-c1ccnc(C)c1. The van der Waals surface area contributed by atoms with E-state index in [4.69, 9.17) is 4.74 Å². The van der Waals surface area contributed by atoms with Crippen molar-refractivity contribution in [2.24, 2.45) is 0 Å². The first-order valence-electron chi connectivity index (χ1n) is 8.67. The number of aliphatic hydroxyl groups is 1. The summed E-state index contributed by atoms with van der Waals surface area (Å²) in [6.45, 7) is 3.79. The van der Waals surface area contributed by atoms with Crippen molar-refractivity contribution in [3.63, 3.8) is 0 Å². The molecule has 3 aromatic rings. The number of aromatic nitrogens is 4. The van der Waals surface area contributed by atoms with Crippen LogP contribution in [0.3, 0.4) is 0 Å². The van der Waals surface area contributed by atoms with Crippen LogP contribution < -0.4 is 10.1 Å². The van der Waals surface area contributed by atoms with E-state index in [9.17, 15) is 9.50 Å². The minimum Gasteiger partial charge on any atom is -0.497 e. The smallest absolute Gasteiger partial charge is 0.247 e. The Morgan fingerprint density at radius 1 is 1.30 bits per heavy atom. The Labute approximate surface area is 156 Å². The number of benzene rings is 1. The van der Waals surface area contributed by atoms with E-state index in [1.165, 1.54) is 19.2 Å². The van der Waals surface area contributed by atoms with Gasteiger partial charge in [-0.25, -0.2) is 9.07 Å². The molecule has 0 saturated carbocycles. The van der Waals surface area contributed by atoms with E-state index in [-0.39, 0.29) is 0 Å². The van der Waals surface area contributed by atoms with Gasteiger partial charge in [-0.15, -0.1) is 5.10 Å². The summed E-state index contributed by atoms with van der Waals surface area (Å²) >= 11 is 0. The number of halogens is 1. The van der Waals surface area contributed by atoms with Crippen LogP contribution >= 0.6 is 0 Å². The zero-order valence-corrected chi connectivity index (χ0v) is 15.5. The second kappa shape index (κ2) is 8.13. The first kappa shape index (κ1) is 18.8. The highest BCUT2D eigenvalue weighted by atomic mass is 19.1. The molecule has 7 nitrogen and oxygen atoms in total. The van der Waals surface area contributed by atoms with Crippen LogP contribution in [0.25, 0.3) is 5.69 Å². The second-order valence-electron chi connectivity index (χ2n) is 6.19. The highest BCUT2D eigenvalue weighted by Gasteiger charge is 2.16. The maximum atomic E-state index is 13.7. The van der Waals surface area contributed by atoms with Crippen molar-refractivity contribution in [1.29, 1.82) is 0 Å². The van der Waals surface area contributed by atoms with E-state index in [1.54, 1.807) is 16.9 Å². The number of nitrogens with zero attached hydrogens (tertiary/aromatic N) is 4. The molecule has 0 amide bonds. The van der Waals surface area contributed by atoms with Gasteiger partial charge in [0.2, 0.25) is 5.95 Å². The monoisotopic (exact) mass is 371 g/mol. The predicted molar refractivity (Wildman–Crippen MR) is 100 cm³/mol. The lowest BCUT2D eigenvalue weighted by Crippen LogP contribution is -2.13. The number of aliphatic hydroxyl groups excluding tert-OH is 1. The fourth-order valence-electron chi connectivity index (χ4n) is 2.64. The van der Waals surface area contributed by atoms with Crippen molar-refractivity contribution in [3.05, 3.63) is 53.9 Å². The number of aryl methyl sites for hydroxylation is 1. The summed E-state index contributed by atoms with van der Waals surface area (Å²) in [6.07, 6.45) is 2.11. The summed E-state index contributed by atoms with van der Waals surface area (Å²) in [6, 6.07) is 7.98. The Kier molecular flexibility index (Phi) is 5.66. The molecule has 0 radical (unpaired) electrons. The number of anilines is 2. The number of pyridine rings is 1. The van der Waals surface area contributed by atoms with Crippen molar-refractivity contribution in [3.8, 4) is 11.4 Å². The Balaban J connectivity index is 1.97. The first-order valence-corrected chi connectivity index (χ1v) is 8.67. The van der Waals surface area contributed by atoms with Crippen LogP contribution in [-0.2, 0) is 6.42 Å². The molecule has 3 rings (SSSR count). The summed E-state index contributed by atoms with van der Waals surface area (Å²) in [5.74, 6) is 0.863. The third-order valence-electron chi connectivity index (χ3n) is 4.05. The van der Waals surface area contributed by atoms with E-state index in [2.05, 4.69) is 20.4 Å². The molecular formula is C19H22FN5O2. The van der Waals surface area contributed by atoms with Gasteiger partial charge in [0.15, 0.2) is 0 Å².